The van der Waals surface area contributed by atoms with Crippen molar-refractivity contribution in [3.05, 3.63) is 60.1 Å². The van der Waals surface area contributed by atoms with Gasteiger partial charge in [-0.05, 0) is 37.3 Å². The van der Waals surface area contributed by atoms with Gasteiger partial charge in [0.2, 0.25) is 23.6 Å². The van der Waals surface area contributed by atoms with Crippen LogP contribution in [0.4, 0.5) is 34.8 Å². The molecule has 11 nitrogen and oxygen atoms in total. The Morgan fingerprint density at radius 1 is 1.04 bits per heavy atom. The van der Waals surface area contributed by atoms with E-state index in [0.29, 0.717) is 39.3 Å². The van der Waals surface area contributed by atoms with Crippen molar-refractivity contribution in [3.8, 4) is 0 Å². The maximum atomic E-state index is 15.6. The smallest absolute Gasteiger partial charge is 0.358 e. The van der Waals surface area contributed by atoms with E-state index in [0.717, 1.165) is 17.0 Å². The molecule has 2 aromatic rings. The molecule has 0 saturated carbocycles. The van der Waals surface area contributed by atoms with E-state index in [9.17, 15) is 32.3 Å². The van der Waals surface area contributed by atoms with Gasteiger partial charge in [0.1, 0.15) is 17.7 Å². The number of alkyl halides is 3. The van der Waals surface area contributed by atoms with Crippen LogP contribution >= 0.6 is 0 Å². The van der Waals surface area contributed by atoms with Crippen LogP contribution in [0.5, 0.6) is 0 Å². The Bertz CT molecular complexity index is 1630. The molecule has 4 amide bonds. The molecule has 0 radical (unpaired) electrons. The molecule has 250 valence electrons. The number of halogens is 4. The number of carbonyl (C=O) groups excluding carboxylic acids is 4. The van der Waals surface area contributed by atoms with E-state index >= 15 is 4.39 Å². The van der Waals surface area contributed by atoms with E-state index in [1.165, 1.54) is 48.0 Å². The second kappa shape index (κ2) is 12.2. The minimum atomic E-state index is -4.71. The van der Waals surface area contributed by atoms with Gasteiger partial charge in [-0.1, -0.05) is 12.6 Å². The number of amides is 4. The van der Waals surface area contributed by atoms with Crippen molar-refractivity contribution in [1.29, 1.82) is 0 Å². The summed E-state index contributed by atoms with van der Waals surface area (Å²) in [6.45, 7) is 7.65. The van der Waals surface area contributed by atoms with Gasteiger partial charge in [-0.3, -0.25) is 29.0 Å². The number of piperazine rings is 2. The van der Waals surface area contributed by atoms with Crippen LogP contribution in [0, 0.1) is 18.7 Å². The van der Waals surface area contributed by atoms with Crippen molar-refractivity contribution >= 4 is 40.8 Å². The lowest BCUT2D eigenvalue weighted by molar-refractivity contribution is -0.138. The van der Waals surface area contributed by atoms with Gasteiger partial charge in [-0.15, -0.1) is 0 Å². The van der Waals surface area contributed by atoms with Crippen molar-refractivity contribution in [3.63, 3.8) is 0 Å². The first-order valence-corrected chi connectivity index (χ1v) is 15.4. The fourth-order valence-electron chi connectivity index (χ4n) is 7.18. The van der Waals surface area contributed by atoms with E-state index < -0.39 is 41.3 Å². The fraction of sp³-hybridized carbons (Fsp3) is 0.469. The number of benzene rings is 1. The molecule has 5 heterocycles. The Morgan fingerprint density at radius 3 is 2.45 bits per heavy atom. The molecule has 0 bridgehead atoms. The minimum absolute atomic E-state index is 0.0207. The summed E-state index contributed by atoms with van der Waals surface area (Å²) in [6, 6.07) is 4.46. The summed E-state index contributed by atoms with van der Waals surface area (Å²) >= 11 is 0. The molecule has 3 fully saturated rings. The molecule has 0 spiro atoms. The third-order valence-electron chi connectivity index (χ3n) is 9.48. The molecular weight excluding hydrogens is 622 g/mol. The van der Waals surface area contributed by atoms with Crippen LogP contribution in [0.2, 0.25) is 0 Å². The number of anilines is 3. The number of para-hydroxylation sites is 1. The highest BCUT2D eigenvalue weighted by atomic mass is 19.4. The van der Waals surface area contributed by atoms with E-state index in [-0.39, 0.29) is 60.3 Å². The SMILES string of the molecule is C=CC(=O)N1CCN2CCN(C(=O)CN3C[C@H]4CC(=O)N(c5cc(C(F)(F)F)cc(C)n5)[C@@H]4C(=O)N(C)c4cccc(F)c43)C[C@H]2C1. The fourth-order valence-corrected chi connectivity index (χ4v) is 7.18. The molecule has 1 aromatic carbocycles. The van der Waals surface area contributed by atoms with Gasteiger partial charge < -0.3 is 19.6 Å². The van der Waals surface area contributed by atoms with E-state index in [4.69, 9.17) is 0 Å². The molecule has 0 aliphatic carbocycles. The topological polar surface area (TPSA) is 101 Å². The van der Waals surface area contributed by atoms with Gasteiger partial charge >= 0.3 is 6.18 Å². The van der Waals surface area contributed by atoms with Crippen molar-refractivity contribution in [1.82, 2.24) is 19.7 Å². The minimum Gasteiger partial charge on any atom is -0.358 e. The predicted octanol–water partition coefficient (Wildman–Crippen LogP) is 2.29. The van der Waals surface area contributed by atoms with E-state index in [2.05, 4.69) is 16.5 Å². The second-order valence-electron chi connectivity index (χ2n) is 12.4. The number of likely N-dealkylation sites (N-methyl/N-ethyl adjacent to an activating group) is 1. The first kappa shape index (κ1) is 32.4. The highest BCUT2D eigenvalue weighted by molar-refractivity contribution is 6.10. The standard InChI is InChI=1S/C32H35F4N7O4/c1-4-26(44)40-10-8-39-9-11-41(17-22(39)16-40)28(46)18-42-15-20-13-27(45)43(25-14-21(32(34,35)36)12-19(2)37-25)29(20)31(47)38(3)24-7-5-6-23(33)30(24)42/h4-7,12,14,20,22,29H,1,8-11,13,15-18H2,2-3H3/t20-,22-,29+/m1/s1. The van der Waals surface area contributed by atoms with Crippen LogP contribution in [0.3, 0.4) is 0 Å². The third kappa shape index (κ3) is 6.03. The largest absolute Gasteiger partial charge is 0.416 e. The number of fused-ring (bicyclic) bond motifs is 3. The van der Waals surface area contributed by atoms with Crippen LogP contribution in [0.15, 0.2) is 43.0 Å². The summed E-state index contributed by atoms with van der Waals surface area (Å²) in [5, 5.41) is 0. The molecule has 4 aliphatic heterocycles. The summed E-state index contributed by atoms with van der Waals surface area (Å²) in [5.74, 6) is -3.43. The summed E-state index contributed by atoms with van der Waals surface area (Å²) < 4.78 is 56.7. The number of hydrogen-bond donors (Lipinski definition) is 0. The molecule has 15 heteroatoms. The van der Waals surface area contributed by atoms with Gasteiger partial charge in [-0.2, -0.15) is 13.2 Å². The van der Waals surface area contributed by atoms with Crippen molar-refractivity contribution in [2.24, 2.45) is 5.92 Å². The summed E-state index contributed by atoms with van der Waals surface area (Å²) in [5.41, 5.74) is -0.803. The molecule has 1 aromatic heterocycles. The number of nitrogens with zero attached hydrogens (tertiary/aromatic N) is 7. The Kier molecular flexibility index (Phi) is 8.45. The number of aryl methyl sites for hydroxylation is 1. The molecule has 47 heavy (non-hydrogen) atoms. The number of hydrogen-bond acceptors (Lipinski definition) is 7. The van der Waals surface area contributed by atoms with Crippen molar-refractivity contribution in [2.45, 2.75) is 31.6 Å². The number of carbonyl (C=O) groups is 4. The van der Waals surface area contributed by atoms with Crippen LogP contribution in [-0.4, -0.2) is 115 Å². The summed E-state index contributed by atoms with van der Waals surface area (Å²) in [4.78, 5) is 67.1. The van der Waals surface area contributed by atoms with Gasteiger partial charge in [0.25, 0.3) is 0 Å². The maximum absolute atomic E-state index is 15.6. The highest BCUT2D eigenvalue weighted by Gasteiger charge is 2.50. The Morgan fingerprint density at radius 2 is 1.74 bits per heavy atom. The monoisotopic (exact) mass is 657 g/mol. The van der Waals surface area contributed by atoms with Crippen LogP contribution in [0.1, 0.15) is 17.7 Å². The zero-order chi connectivity index (χ0) is 33.8. The van der Waals surface area contributed by atoms with Crippen molar-refractivity contribution < 1.29 is 36.7 Å². The number of rotatable bonds is 4. The quantitative estimate of drug-likeness (QED) is 0.368. The van der Waals surface area contributed by atoms with Gasteiger partial charge in [0, 0.05) is 76.9 Å². The maximum Gasteiger partial charge on any atom is 0.416 e. The molecular formula is C32H35F4N7O4. The Labute approximate surface area is 269 Å². The van der Waals surface area contributed by atoms with Gasteiger partial charge in [-0.25, -0.2) is 9.37 Å². The number of pyridine rings is 1. The third-order valence-corrected chi connectivity index (χ3v) is 9.48. The Hall–Kier alpha value is -4.53. The molecule has 4 aliphatic rings. The summed E-state index contributed by atoms with van der Waals surface area (Å²) in [6.07, 6.45) is -3.66. The highest BCUT2D eigenvalue weighted by Crippen LogP contribution is 2.41. The normalized spacial score (nSPS) is 23.6. The van der Waals surface area contributed by atoms with Crippen LogP contribution in [-0.2, 0) is 25.4 Å². The zero-order valence-corrected chi connectivity index (χ0v) is 26.0. The predicted molar refractivity (Wildman–Crippen MR) is 164 cm³/mol. The van der Waals surface area contributed by atoms with Gasteiger partial charge in [0.15, 0.2) is 0 Å². The molecule has 6 rings (SSSR count). The van der Waals surface area contributed by atoms with Gasteiger partial charge in [0.05, 0.1) is 23.5 Å². The number of aromatic nitrogens is 1. The van der Waals surface area contributed by atoms with E-state index in [1.54, 1.807) is 9.80 Å². The molecule has 0 N–H and O–H groups in total. The summed E-state index contributed by atoms with van der Waals surface area (Å²) in [7, 11) is 1.41. The first-order valence-electron chi connectivity index (χ1n) is 15.4. The molecule has 3 atom stereocenters. The first-order chi connectivity index (χ1) is 22.3. The molecule has 3 saturated heterocycles. The Balaban J connectivity index is 1.31. The lowest BCUT2D eigenvalue weighted by Crippen LogP contribution is -2.64. The van der Waals surface area contributed by atoms with Crippen molar-refractivity contribution in [2.75, 3.05) is 74.1 Å². The van der Waals surface area contributed by atoms with E-state index in [1.807, 2.05) is 0 Å². The van der Waals surface area contributed by atoms with Crippen LogP contribution < -0.4 is 14.7 Å². The lowest BCUT2D eigenvalue weighted by atomic mass is 9.95. The lowest BCUT2D eigenvalue weighted by Gasteiger charge is -2.47. The zero-order valence-electron chi connectivity index (χ0n) is 26.0. The average molecular weight is 658 g/mol. The van der Waals surface area contributed by atoms with Crippen LogP contribution in [0.25, 0.3) is 0 Å². The average Bonchev–Trinajstić information content (AvgIpc) is 3.36. The molecule has 0 unspecified atom stereocenters. The second-order valence-corrected chi connectivity index (χ2v) is 12.4.